The maximum Gasteiger partial charge on any atom is 0.325 e. The molecule has 0 radical (unpaired) electrons. The van der Waals surface area contributed by atoms with Gasteiger partial charge in [-0.3, -0.25) is 14.6 Å². The zero-order valence-corrected chi connectivity index (χ0v) is 19.8. The van der Waals surface area contributed by atoms with Crippen molar-refractivity contribution in [2.45, 2.75) is 32.1 Å². The number of thioether (sulfide) groups is 1. The number of nitrogens with one attached hydrogen (secondary N) is 1. The number of aromatic amines is 1. The summed E-state index contributed by atoms with van der Waals surface area (Å²) in [5.41, 5.74) is 2.26. The summed E-state index contributed by atoms with van der Waals surface area (Å²) in [6.45, 7) is 5.94. The van der Waals surface area contributed by atoms with E-state index in [4.69, 9.17) is 9.84 Å². The highest BCUT2D eigenvalue weighted by atomic mass is 79.9. The predicted octanol–water partition coefficient (Wildman–Crippen LogP) is 3.91. The molecular formula is C22H22BrN4O3S+. The van der Waals surface area contributed by atoms with E-state index in [2.05, 4.69) is 20.9 Å². The van der Waals surface area contributed by atoms with Gasteiger partial charge in [0.25, 0.3) is 6.17 Å². The number of para-hydroxylation sites is 1. The maximum absolute atomic E-state index is 13.2. The van der Waals surface area contributed by atoms with Gasteiger partial charge in [0.2, 0.25) is 11.1 Å². The summed E-state index contributed by atoms with van der Waals surface area (Å²) in [7, 11) is 0. The van der Waals surface area contributed by atoms with Crippen molar-refractivity contribution in [1.29, 1.82) is 0 Å². The van der Waals surface area contributed by atoms with Crippen LogP contribution in [0.25, 0.3) is 11.3 Å². The first-order valence-electron chi connectivity index (χ1n) is 9.96. The van der Waals surface area contributed by atoms with Gasteiger partial charge in [-0.2, -0.15) is 0 Å². The minimum atomic E-state index is -0.657. The monoisotopic (exact) mass is 501 g/mol. The molecule has 1 N–H and O–H groups in total. The lowest BCUT2D eigenvalue weighted by Crippen LogP contribution is -2.60. The van der Waals surface area contributed by atoms with E-state index in [-0.39, 0.29) is 11.5 Å². The number of rotatable bonds is 5. The second kappa shape index (κ2) is 8.84. The van der Waals surface area contributed by atoms with Crippen molar-refractivity contribution in [2.24, 2.45) is 0 Å². The van der Waals surface area contributed by atoms with E-state index < -0.39 is 6.17 Å². The third-order valence-electron chi connectivity index (χ3n) is 4.94. The van der Waals surface area contributed by atoms with Crippen molar-refractivity contribution in [1.82, 2.24) is 10.1 Å². The molecule has 0 fully saturated rings. The zero-order chi connectivity index (χ0) is 22.1. The number of ether oxygens (including phenoxy) is 1. The molecule has 0 unspecified atom stereocenters. The first-order valence-corrected chi connectivity index (χ1v) is 11.7. The number of carbonyl (C=O) groups excluding carboxylic acids is 1. The molecule has 2 aromatic carbocycles. The van der Waals surface area contributed by atoms with Crippen LogP contribution in [0.4, 0.5) is 5.69 Å². The molecule has 2 heterocycles. The number of halogens is 1. The van der Waals surface area contributed by atoms with Gasteiger partial charge in [0.05, 0.1) is 23.4 Å². The molecule has 4 rings (SSSR count). The summed E-state index contributed by atoms with van der Waals surface area (Å²) in [6.07, 6.45) is -0.657. The number of aromatic nitrogens is 3. The Labute approximate surface area is 192 Å². The molecule has 0 saturated carbocycles. The third-order valence-corrected chi connectivity index (χ3v) is 6.40. The molecule has 160 valence electrons. The Kier molecular flexibility index (Phi) is 6.15. The van der Waals surface area contributed by atoms with Gasteiger partial charge >= 0.3 is 11.3 Å². The molecular weight excluding hydrogens is 480 g/mol. The van der Waals surface area contributed by atoms with Crippen molar-refractivity contribution in [3.63, 3.8) is 0 Å². The fourth-order valence-electron chi connectivity index (χ4n) is 3.77. The third kappa shape index (κ3) is 3.87. The van der Waals surface area contributed by atoms with Crippen LogP contribution in [0, 0.1) is 0 Å². The topological polar surface area (TPSA) is 79.2 Å². The molecule has 1 aromatic heterocycles. The van der Waals surface area contributed by atoms with E-state index in [0.29, 0.717) is 34.5 Å². The van der Waals surface area contributed by atoms with Crippen molar-refractivity contribution < 1.29 is 14.2 Å². The molecule has 0 aliphatic carbocycles. The van der Waals surface area contributed by atoms with Crippen molar-refractivity contribution >= 4 is 39.3 Å². The van der Waals surface area contributed by atoms with E-state index in [1.807, 2.05) is 56.3 Å². The van der Waals surface area contributed by atoms with Gasteiger partial charge in [-0.05, 0) is 47.7 Å². The Morgan fingerprint density at radius 3 is 2.77 bits per heavy atom. The van der Waals surface area contributed by atoms with Gasteiger partial charge in [0.15, 0.2) is 0 Å². The summed E-state index contributed by atoms with van der Waals surface area (Å²) in [5, 5.41) is 5.24. The summed E-state index contributed by atoms with van der Waals surface area (Å²) >= 11 is 5.07. The number of anilines is 1. The van der Waals surface area contributed by atoms with Crippen molar-refractivity contribution in [3.8, 4) is 17.0 Å². The largest absolute Gasteiger partial charge is 0.494 e. The van der Waals surface area contributed by atoms with E-state index >= 15 is 0 Å². The molecule has 0 spiro atoms. The first kappa shape index (κ1) is 21.6. The second-order valence-corrected chi connectivity index (χ2v) is 8.99. The van der Waals surface area contributed by atoms with Crippen LogP contribution in [0.5, 0.6) is 5.75 Å². The van der Waals surface area contributed by atoms with Gasteiger partial charge in [0.1, 0.15) is 5.75 Å². The van der Waals surface area contributed by atoms with Crippen LogP contribution in [-0.2, 0) is 4.79 Å². The summed E-state index contributed by atoms with van der Waals surface area (Å²) in [4.78, 5) is 30.6. The molecule has 9 heteroatoms. The normalized spacial score (nSPS) is 14.7. The highest BCUT2D eigenvalue weighted by Crippen LogP contribution is 2.39. The van der Waals surface area contributed by atoms with E-state index in [9.17, 15) is 9.59 Å². The van der Waals surface area contributed by atoms with Gasteiger partial charge < -0.3 is 4.74 Å². The van der Waals surface area contributed by atoms with Crippen molar-refractivity contribution in [2.75, 3.05) is 17.3 Å². The number of H-pyrrole nitrogens is 1. The highest BCUT2D eigenvalue weighted by Gasteiger charge is 2.45. The zero-order valence-electron chi connectivity index (χ0n) is 17.4. The molecule has 0 bridgehead atoms. The SMILES string of the molecule is CCOc1ccc(Br)c([C@H]2N(C(C)=O)c3ccccc3-c3c(=O)[nH]c(SCC)n[n+]32)c1. The number of carbonyl (C=O) groups is 1. The van der Waals surface area contributed by atoms with Gasteiger partial charge in [0, 0.05) is 16.5 Å². The number of fused-ring (bicyclic) bond motifs is 3. The standard InChI is InChI=1S/C22H21BrN4O3S/c1-4-30-14-10-11-17(23)16(12-14)21-26(13(3)28)18-9-7-6-8-15(18)19-20(29)24-22(31-5-2)25-27(19)21/h6-12,21H,4-5H2,1-3H3/p+1/t21-/m0/s1. The lowest BCUT2D eigenvalue weighted by Gasteiger charge is -2.31. The van der Waals surface area contributed by atoms with E-state index in [0.717, 1.165) is 15.8 Å². The fourth-order valence-corrected chi connectivity index (χ4v) is 4.81. The molecule has 3 aromatic rings. The number of hydrogen-bond acceptors (Lipinski definition) is 5. The number of nitrogens with zero attached hydrogens (tertiary/aromatic N) is 3. The first-order chi connectivity index (χ1) is 15.0. The average Bonchev–Trinajstić information content (AvgIpc) is 2.74. The molecule has 0 saturated heterocycles. The molecule has 1 atom stereocenters. The summed E-state index contributed by atoms with van der Waals surface area (Å²) < 4.78 is 8.14. The second-order valence-electron chi connectivity index (χ2n) is 6.88. The molecule has 1 amide bonds. The van der Waals surface area contributed by atoms with E-state index in [1.54, 1.807) is 9.58 Å². The highest BCUT2D eigenvalue weighted by molar-refractivity contribution is 9.10. The quantitative estimate of drug-likeness (QED) is 0.423. The smallest absolute Gasteiger partial charge is 0.325 e. The fraction of sp³-hybridized carbons (Fsp3) is 0.273. The minimum Gasteiger partial charge on any atom is -0.494 e. The molecule has 1 aliphatic rings. The Morgan fingerprint density at radius 1 is 1.29 bits per heavy atom. The van der Waals surface area contributed by atoms with Crippen LogP contribution in [0.15, 0.2) is 56.9 Å². The number of benzene rings is 2. The minimum absolute atomic E-state index is 0.156. The van der Waals surface area contributed by atoms with Crippen LogP contribution < -0.4 is 19.9 Å². The lowest BCUT2D eigenvalue weighted by molar-refractivity contribution is -0.763. The van der Waals surface area contributed by atoms with Gasteiger partial charge in [-0.25, -0.2) is 4.90 Å². The molecule has 1 aliphatic heterocycles. The molecule has 31 heavy (non-hydrogen) atoms. The Balaban J connectivity index is 2.06. The van der Waals surface area contributed by atoms with Crippen molar-refractivity contribution in [3.05, 3.63) is 62.9 Å². The number of hydrogen-bond donors (Lipinski definition) is 1. The van der Waals surface area contributed by atoms with E-state index in [1.165, 1.54) is 18.7 Å². The van der Waals surface area contributed by atoms with Crippen LogP contribution in [-0.4, -0.2) is 28.3 Å². The van der Waals surface area contributed by atoms with Crippen LogP contribution in [0.3, 0.4) is 0 Å². The number of amides is 1. The van der Waals surface area contributed by atoms with Crippen LogP contribution in [0.1, 0.15) is 32.5 Å². The Morgan fingerprint density at radius 2 is 2.06 bits per heavy atom. The predicted molar refractivity (Wildman–Crippen MR) is 123 cm³/mol. The Bertz CT molecular complexity index is 1210. The maximum atomic E-state index is 13.2. The molecule has 7 nitrogen and oxygen atoms in total. The summed E-state index contributed by atoms with van der Waals surface area (Å²) in [5.74, 6) is 1.28. The average molecular weight is 502 g/mol. The summed E-state index contributed by atoms with van der Waals surface area (Å²) in [6, 6.07) is 13.0. The van der Waals surface area contributed by atoms with Gasteiger partial charge in [-0.1, -0.05) is 46.7 Å². The van der Waals surface area contributed by atoms with Gasteiger partial charge in [-0.15, -0.1) is 0 Å². The van der Waals surface area contributed by atoms with Crippen LogP contribution in [0.2, 0.25) is 0 Å². The van der Waals surface area contributed by atoms with Crippen LogP contribution >= 0.6 is 27.7 Å². The lowest BCUT2D eigenvalue weighted by atomic mass is 10.0. The Hall–Kier alpha value is -2.65.